The summed E-state index contributed by atoms with van der Waals surface area (Å²) in [6.45, 7) is 6.88. The third-order valence-electron chi connectivity index (χ3n) is 1.59. The number of rotatable bonds is 4. The highest BCUT2D eigenvalue weighted by molar-refractivity contribution is 6.28. The summed E-state index contributed by atoms with van der Waals surface area (Å²) < 4.78 is 0. The van der Waals surface area contributed by atoms with Gasteiger partial charge in [0, 0.05) is 0 Å². The van der Waals surface area contributed by atoms with Gasteiger partial charge in [-0.3, -0.25) is 5.32 Å². The molecule has 0 bridgehead atoms. The van der Waals surface area contributed by atoms with Crippen molar-refractivity contribution in [2.24, 2.45) is 0 Å². The Morgan fingerprint density at radius 2 is 2.14 bits per heavy atom. The van der Waals surface area contributed by atoms with E-state index in [0.29, 0.717) is 5.95 Å². The zero-order valence-electron chi connectivity index (χ0n) is 8.50. The van der Waals surface area contributed by atoms with E-state index in [1.54, 1.807) is 0 Å². The SMILES string of the molecule is CCNC(C)(C)Nc1ncnc(Cl)n1. The minimum Gasteiger partial charge on any atom is -0.337 e. The van der Waals surface area contributed by atoms with Gasteiger partial charge >= 0.3 is 0 Å². The van der Waals surface area contributed by atoms with Crippen LogP contribution in [-0.4, -0.2) is 27.2 Å². The molecule has 0 aliphatic heterocycles. The highest BCUT2D eigenvalue weighted by Crippen LogP contribution is 2.08. The molecule has 0 aliphatic carbocycles. The molecular formula is C8H14ClN5. The molecule has 6 heteroatoms. The van der Waals surface area contributed by atoms with Gasteiger partial charge in [-0.1, -0.05) is 6.92 Å². The van der Waals surface area contributed by atoms with Crippen molar-refractivity contribution in [3.05, 3.63) is 11.6 Å². The van der Waals surface area contributed by atoms with Crippen molar-refractivity contribution in [1.29, 1.82) is 0 Å². The normalized spacial score (nSPS) is 11.4. The quantitative estimate of drug-likeness (QED) is 0.741. The van der Waals surface area contributed by atoms with Crippen molar-refractivity contribution in [3.8, 4) is 0 Å². The van der Waals surface area contributed by atoms with Gasteiger partial charge in [-0.05, 0) is 32.0 Å². The second-order valence-corrected chi connectivity index (χ2v) is 3.70. The molecule has 1 aromatic rings. The summed E-state index contributed by atoms with van der Waals surface area (Å²) in [5.41, 5.74) is -0.264. The Balaban J connectivity index is 2.68. The molecule has 0 aliphatic rings. The number of hydrogen-bond acceptors (Lipinski definition) is 5. The van der Waals surface area contributed by atoms with E-state index in [1.807, 2.05) is 20.8 Å². The average Bonchev–Trinajstić information content (AvgIpc) is 2.02. The molecule has 1 aromatic heterocycles. The lowest BCUT2D eigenvalue weighted by molar-refractivity contribution is 0.450. The topological polar surface area (TPSA) is 62.7 Å². The highest BCUT2D eigenvalue weighted by atomic mass is 35.5. The van der Waals surface area contributed by atoms with Crippen molar-refractivity contribution >= 4 is 17.5 Å². The number of nitrogens with zero attached hydrogens (tertiary/aromatic N) is 3. The summed E-state index contributed by atoms with van der Waals surface area (Å²) in [6, 6.07) is 0. The molecule has 0 radical (unpaired) electrons. The number of halogens is 1. The first-order valence-electron chi connectivity index (χ1n) is 4.41. The third-order valence-corrected chi connectivity index (χ3v) is 1.77. The molecule has 0 amide bonds. The van der Waals surface area contributed by atoms with Crippen LogP contribution in [0.1, 0.15) is 20.8 Å². The maximum Gasteiger partial charge on any atom is 0.228 e. The van der Waals surface area contributed by atoms with Crippen molar-refractivity contribution in [2.45, 2.75) is 26.4 Å². The molecule has 14 heavy (non-hydrogen) atoms. The predicted octanol–water partition coefficient (Wildman–Crippen LogP) is 1.28. The molecule has 0 spiro atoms. The number of nitrogens with one attached hydrogen (secondary N) is 2. The van der Waals surface area contributed by atoms with Gasteiger partial charge in [0.15, 0.2) is 0 Å². The summed E-state index contributed by atoms with van der Waals surface area (Å²) in [4.78, 5) is 11.6. The van der Waals surface area contributed by atoms with Gasteiger partial charge in [-0.15, -0.1) is 0 Å². The van der Waals surface area contributed by atoms with Crippen LogP contribution < -0.4 is 10.6 Å². The van der Waals surface area contributed by atoms with Crippen LogP contribution in [0.2, 0.25) is 5.28 Å². The molecule has 0 saturated heterocycles. The Labute approximate surface area is 88.3 Å². The second kappa shape index (κ2) is 4.52. The fourth-order valence-corrected chi connectivity index (χ4v) is 1.23. The monoisotopic (exact) mass is 215 g/mol. The van der Waals surface area contributed by atoms with E-state index in [-0.39, 0.29) is 10.9 Å². The van der Waals surface area contributed by atoms with Crippen molar-refractivity contribution < 1.29 is 0 Å². The van der Waals surface area contributed by atoms with Crippen LogP contribution >= 0.6 is 11.6 Å². The smallest absolute Gasteiger partial charge is 0.228 e. The Morgan fingerprint density at radius 1 is 1.43 bits per heavy atom. The molecule has 0 unspecified atom stereocenters. The van der Waals surface area contributed by atoms with Crippen LogP contribution in [0.3, 0.4) is 0 Å². The Hall–Kier alpha value is -0.940. The first-order valence-corrected chi connectivity index (χ1v) is 4.79. The molecule has 1 rings (SSSR count). The minimum absolute atomic E-state index is 0.190. The summed E-state index contributed by atoms with van der Waals surface area (Å²) >= 11 is 5.63. The van der Waals surface area contributed by atoms with Crippen LogP contribution in [0.4, 0.5) is 5.95 Å². The zero-order chi connectivity index (χ0) is 10.6. The lowest BCUT2D eigenvalue weighted by Gasteiger charge is -2.26. The van der Waals surface area contributed by atoms with Gasteiger partial charge in [-0.25, -0.2) is 9.97 Å². The molecule has 0 saturated carbocycles. The van der Waals surface area contributed by atoms with E-state index >= 15 is 0 Å². The van der Waals surface area contributed by atoms with Gasteiger partial charge in [-0.2, -0.15) is 4.98 Å². The molecule has 5 nitrogen and oxygen atoms in total. The molecule has 2 N–H and O–H groups in total. The van der Waals surface area contributed by atoms with E-state index < -0.39 is 0 Å². The van der Waals surface area contributed by atoms with Gasteiger partial charge in [0.05, 0.1) is 5.66 Å². The van der Waals surface area contributed by atoms with Crippen molar-refractivity contribution in [3.63, 3.8) is 0 Å². The fraction of sp³-hybridized carbons (Fsp3) is 0.625. The van der Waals surface area contributed by atoms with Crippen LogP contribution in [0.15, 0.2) is 6.33 Å². The van der Waals surface area contributed by atoms with E-state index in [0.717, 1.165) is 6.54 Å². The standard InChI is InChI=1S/C8H14ClN5/c1-4-12-8(2,3)14-7-11-5-10-6(9)13-7/h5,12H,4H2,1-3H3,(H,10,11,13,14). The second-order valence-electron chi connectivity index (χ2n) is 3.36. The summed E-state index contributed by atoms with van der Waals surface area (Å²) in [6.07, 6.45) is 1.37. The van der Waals surface area contributed by atoms with E-state index in [2.05, 4.69) is 25.6 Å². The molecule has 1 heterocycles. The van der Waals surface area contributed by atoms with E-state index in [9.17, 15) is 0 Å². The number of anilines is 1. The summed E-state index contributed by atoms with van der Waals surface area (Å²) in [7, 11) is 0. The van der Waals surface area contributed by atoms with Gasteiger partial charge in [0.1, 0.15) is 6.33 Å². The predicted molar refractivity (Wildman–Crippen MR) is 56.2 cm³/mol. The summed E-state index contributed by atoms with van der Waals surface area (Å²) in [5.74, 6) is 0.468. The van der Waals surface area contributed by atoms with Crippen LogP contribution in [-0.2, 0) is 0 Å². The summed E-state index contributed by atoms with van der Waals surface area (Å²) in [5, 5.41) is 6.53. The van der Waals surface area contributed by atoms with E-state index in [1.165, 1.54) is 6.33 Å². The van der Waals surface area contributed by atoms with E-state index in [4.69, 9.17) is 11.6 Å². The van der Waals surface area contributed by atoms with Gasteiger partial charge in [0.25, 0.3) is 0 Å². The van der Waals surface area contributed by atoms with Gasteiger partial charge < -0.3 is 5.32 Å². The van der Waals surface area contributed by atoms with Crippen LogP contribution in [0, 0.1) is 0 Å². The number of hydrogen-bond donors (Lipinski definition) is 2. The lowest BCUT2D eigenvalue weighted by Crippen LogP contribution is -2.46. The molecular weight excluding hydrogens is 202 g/mol. The molecule has 0 fully saturated rings. The maximum absolute atomic E-state index is 5.63. The molecule has 0 aromatic carbocycles. The Bertz CT molecular complexity index is 302. The van der Waals surface area contributed by atoms with Crippen LogP contribution in [0.25, 0.3) is 0 Å². The maximum atomic E-state index is 5.63. The minimum atomic E-state index is -0.264. The third kappa shape index (κ3) is 3.43. The molecule has 0 atom stereocenters. The van der Waals surface area contributed by atoms with Crippen LogP contribution in [0.5, 0.6) is 0 Å². The largest absolute Gasteiger partial charge is 0.337 e. The first-order chi connectivity index (χ1) is 6.53. The first kappa shape index (κ1) is 11.1. The van der Waals surface area contributed by atoms with Gasteiger partial charge in [0.2, 0.25) is 11.2 Å². The Morgan fingerprint density at radius 3 is 2.71 bits per heavy atom. The molecule has 78 valence electrons. The Kier molecular flexibility index (Phi) is 3.60. The zero-order valence-corrected chi connectivity index (χ0v) is 9.26. The number of aromatic nitrogens is 3. The van der Waals surface area contributed by atoms with Crippen molar-refractivity contribution in [2.75, 3.05) is 11.9 Å². The lowest BCUT2D eigenvalue weighted by atomic mass is 10.2. The highest BCUT2D eigenvalue weighted by Gasteiger charge is 2.16. The fourth-order valence-electron chi connectivity index (χ4n) is 1.10. The van der Waals surface area contributed by atoms with Crippen molar-refractivity contribution in [1.82, 2.24) is 20.3 Å². The average molecular weight is 216 g/mol.